The van der Waals surface area contributed by atoms with E-state index >= 15 is 0 Å². The van der Waals surface area contributed by atoms with Gasteiger partial charge in [-0.05, 0) is 80.2 Å². The van der Waals surface area contributed by atoms with Crippen molar-refractivity contribution in [3.63, 3.8) is 0 Å². The minimum Gasteiger partial charge on any atom is -0.508 e. The van der Waals surface area contributed by atoms with Gasteiger partial charge in [0.15, 0.2) is 5.96 Å². The van der Waals surface area contributed by atoms with E-state index in [1.54, 1.807) is 63.2 Å². The number of carbonyl (C=O) groups excluding carboxylic acids is 7. The van der Waals surface area contributed by atoms with Crippen molar-refractivity contribution in [3.05, 3.63) is 83.9 Å². The van der Waals surface area contributed by atoms with Crippen LogP contribution in [0.5, 0.6) is 5.75 Å². The number of guanidine groups is 1. The molecule has 3 aromatic rings. The first kappa shape index (κ1) is 57.3. The number of H-pyrrole nitrogens is 1. The molecule has 74 heavy (non-hydrogen) atoms. The fourth-order valence-electron chi connectivity index (χ4n) is 8.93. The van der Waals surface area contributed by atoms with Crippen LogP contribution in [0.4, 0.5) is 0 Å². The molecular weight excluding hydrogens is 955 g/mol. The Labute approximate surface area is 430 Å². The van der Waals surface area contributed by atoms with Gasteiger partial charge in [0.1, 0.15) is 48.0 Å². The van der Waals surface area contributed by atoms with Crippen LogP contribution in [-0.4, -0.2) is 146 Å². The number of phenols is 1. The first-order chi connectivity index (χ1) is 35.3. The average Bonchev–Trinajstić information content (AvgIpc) is 4.20. The summed E-state index contributed by atoms with van der Waals surface area (Å²) in [6.07, 6.45) is 5.63. The van der Waals surface area contributed by atoms with Crippen molar-refractivity contribution in [2.24, 2.45) is 28.3 Å². The van der Waals surface area contributed by atoms with Gasteiger partial charge in [-0.3, -0.25) is 38.6 Å². The molecule has 0 unspecified atom stereocenters. The molecule has 2 aromatic carbocycles. The number of aromatic nitrogens is 2. The summed E-state index contributed by atoms with van der Waals surface area (Å²) in [4.78, 5) is 124. The van der Waals surface area contributed by atoms with Crippen molar-refractivity contribution in [2.75, 3.05) is 19.6 Å². The Hall–Kier alpha value is -7.56. The van der Waals surface area contributed by atoms with E-state index in [0.717, 1.165) is 6.42 Å². The number of imidazole rings is 1. The van der Waals surface area contributed by atoms with Crippen molar-refractivity contribution >= 4 is 53.3 Å². The number of hydrogen-bond acceptors (Lipinski definition) is 12. The Balaban J connectivity index is 1.35. The molecule has 2 aliphatic heterocycles. The summed E-state index contributed by atoms with van der Waals surface area (Å²) < 4.78 is 0. The number of aromatic hydroxyl groups is 1. The lowest BCUT2D eigenvalue weighted by molar-refractivity contribution is -0.145. The number of nitrogens with one attached hydrogen (secondary N) is 8. The van der Waals surface area contributed by atoms with E-state index in [-0.39, 0.29) is 62.8 Å². The second kappa shape index (κ2) is 28.0. The van der Waals surface area contributed by atoms with Gasteiger partial charge in [-0.25, -0.2) is 9.78 Å². The van der Waals surface area contributed by atoms with Crippen LogP contribution < -0.4 is 48.7 Å². The van der Waals surface area contributed by atoms with Crippen LogP contribution in [0, 0.1) is 11.8 Å². The number of aliphatic imine (C=N–C) groups is 1. The van der Waals surface area contributed by atoms with Gasteiger partial charge in [-0.1, -0.05) is 76.6 Å². The number of amides is 7. The van der Waals surface area contributed by atoms with E-state index in [9.17, 15) is 48.6 Å². The summed E-state index contributed by atoms with van der Waals surface area (Å²) in [6, 6.07) is 5.81. The van der Waals surface area contributed by atoms with E-state index < -0.39 is 102 Å². The fraction of sp³-hybridized carbons (Fsp3) is 0.529. The molecule has 3 heterocycles. The van der Waals surface area contributed by atoms with Crippen LogP contribution >= 0.6 is 0 Å². The quantitative estimate of drug-likeness (QED) is 0.0264. The number of rotatable bonds is 27. The van der Waals surface area contributed by atoms with Gasteiger partial charge in [0.25, 0.3) is 0 Å². The molecule has 9 atom stereocenters. The molecule has 0 aliphatic carbocycles. The molecule has 1 aromatic heterocycles. The van der Waals surface area contributed by atoms with Crippen LogP contribution in [0.2, 0.25) is 0 Å². The second-order valence-corrected chi connectivity index (χ2v) is 19.3. The summed E-state index contributed by atoms with van der Waals surface area (Å²) in [6.45, 7) is 7.94. The highest BCUT2D eigenvalue weighted by Gasteiger charge is 2.41. The van der Waals surface area contributed by atoms with Crippen LogP contribution in [0.15, 0.2) is 72.1 Å². The standard InChI is InChI=1S/C51H73N13O10/c1-5-30(4)42(48(71)60-38(26-33-27-54-28-57-33)49(72)64-23-11-16-40(64)46(69)61-39(50(73)74)25-31-12-7-6-8-13-31)63-45(68)37(24-32-17-19-34(65)20-18-32)59-47(70)41(29(2)3)62-44(67)36(15-10-22-56-51(52)53)58-43(66)35-14-9-21-55-35/h6-8,12-13,17-20,27-30,35-42,55,65H,5,9-11,14-16,21-26H2,1-4H3,(H,54,57)(H,58,66)(H,59,70)(H,60,71)(H,61,69)(H,62,67)(H,63,68)(H,73,74)(H4,52,53,56)/t30-,35-,36-,37-,38-,39-,40-,41-,42-/m0/s1. The van der Waals surface area contributed by atoms with Gasteiger partial charge in [0, 0.05) is 44.2 Å². The average molecular weight is 1030 g/mol. The van der Waals surface area contributed by atoms with Crippen molar-refractivity contribution in [1.82, 2.24) is 52.1 Å². The van der Waals surface area contributed by atoms with Crippen LogP contribution in [-0.2, 0) is 57.6 Å². The van der Waals surface area contributed by atoms with Gasteiger partial charge >= 0.3 is 5.97 Å². The number of carboxylic acids is 1. The minimum atomic E-state index is -1.35. The predicted octanol–water partition coefficient (Wildman–Crippen LogP) is -0.365. The summed E-state index contributed by atoms with van der Waals surface area (Å²) in [5, 5.41) is 39.8. The largest absolute Gasteiger partial charge is 0.508 e. The Kier molecular flexibility index (Phi) is 21.7. The van der Waals surface area contributed by atoms with E-state index in [0.29, 0.717) is 49.0 Å². The first-order valence-electron chi connectivity index (χ1n) is 25.3. The molecule has 0 bridgehead atoms. The molecule has 23 nitrogen and oxygen atoms in total. The van der Waals surface area contributed by atoms with Gasteiger partial charge in [0.05, 0.1) is 12.4 Å². The lowest BCUT2D eigenvalue weighted by Crippen LogP contribution is -2.62. The molecule has 23 heteroatoms. The maximum atomic E-state index is 14.6. The number of aliphatic carboxylic acids is 1. The zero-order valence-electron chi connectivity index (χ0n) is 42.5. The predicted molar refractivity (Wildman–Crippen MR) is 273 cm³/mol. The molecule has 2 aliphatic rings. The molecular formula is C51H73N13O10. The number of nitrogens with two attached hydrogens (primary N) is 2. The van der Waals surface area contributed by atoms with Crippen molar-refractivity contribution in [1.29, 1.82) is 0 Å². The SMILES string of the molecule is CC[C@H](C)[C@H](NC(=O)[C@H](Cc1ccc(O)cc1)NC(=O)[C@@H](NC(=O)[C@H](CCCN=C(N)N)NC(=O)[C@@H]1CCCN1)C(C)C)C(=O)N[C@@H](Cc1cnc[nH]1)C(=O)N1CCC[C@H]1C(=O)N[C@@H](Cc1ccccc1)C(=O)O. The van der Waals surface area contributed by atoms with Crippen LogP contribution in [0.1, 0.15) is 89.5 Å². The molecule has 14 N–H and O–H groups in total. The third kappa shape index (κ3) is 17.0. The minimum absolute atomic E-state index is 0.0156. The van der Waals surface area contributed by atoms with Crippen LogP contribution in [0.3, 0.4) is 0 Å². The fourth-order valence-corrected chi connectivity index (χ4v) is 8.93. The highest BCUT2D eigenvalue weighted by Crippen LogP contribution is 2.21. The Morgan fingerprint density at radius 3 is 2.00 bits per heavy atom. The number of carbonyl (C=O) groups is 8. The Bertz CT molecular complexity index is 2390. The molecule has 0 radical (unpaired) electrons. The molecule has 0 spiro atoms. The van der Waals surface area contributed by atoms with E-state index in [1.165, 1.54) is 29.6 Å². The number of hydrogen-bond donors (Lipinski definition) is 12. The zero-order chi connectivity index (χ0) is 53.9. The third-order valence-corrected chi connectivity index (χ3v) is 13.3. The third-order valence-electron chi connectivity index (χ3n) is 13.3. The Morgan fingerprint density at radius 1 is 0.743 bits per heavy atom. The summed E-state index contributed by atoms with van der Waals surface area (Å²) in [5.41, 5.74) is 12.7. The maximum Gasteiger partial charge on any atom is 0.326 e. The van der Waals surface area contributed by atoms with Crippen molar-refractivity contribution in [3.8, 4) is 5.75 Å². The van der Waals surface area contributed by atoms with Crippen molar-refractivity contribution in [2.45, 2.75) is 140 Å². The summed E-state index contributed by atoms with van der Waals surface area (Å²) in [5.74, 6) is -6.98. The first-order valence-corrected chi connectivity index (χ1v) is 25.3. The second-order valence-electron chi connectivity index (χ2n) is 19.3. The lowest BCUT2D eigenvalue weighted by Gasteiger charge is -2.32. The van der Waals surface area contributed by atoms with E-state index in [1.807, 2.05) is 6.92 Å². The van der Waals surface area contributed by atoms with Crippen molar-refractivity contribution < 1.29 is 48.6 Å². The number of likely N-dealkylation sites (tertiary alicyclic amines) is 1. The highest BCUT2D eigenvalue weighted by atomic mass is 16.4. The molecule has 0 saturated carbocycles. The topological polar surface area (TPSA) is 358 Å². The number of aromatic amines is 1. The zero-order valence-corrected chi connectivity index (χ0v) is 42.5. The van der Waals surface area contributed by atoms with E-state index in [4.69, 9.17) is 11.5 Å². The number of benzene rings is 2. The smallest absolute Gasteiger partial charge is 0.326 e. The number of nitrogens with zero attached hydrogens (tertiary/aromatic N) is 3. The molecule has 2 fully saturated rings. The Morgan fingerprint density at radius 2 is 1.38 bits per heavy atom. The van der Waals surface area contributed by atoms with Gasteiger partial charge in [-0.15, -0.1) is 0 Å². The van der Waals surface area contributed by atoms with E-state index in [2.05, 4.69) is 52.2 Å². The van der Waals surface area contributed by atoms with Crippen LogP contribution in [0.25, 0.3) is 0 Å². The molecule has 5 rings (SSSR count). The summed E-state index contributed by atoms with van der Waals surface area (Å²) in [7, 11) is 0. The van der Waals surface area contributed by atoms with Gasteiger partial charge in [-0.2, -0.15) is 0 Å². The number of carboxylic acid groups (broad SMARTS) is 1. The molecule has 7 amide bonds. The van der Waals surface area contributed by atoms with Gasteiger partial charge < -0.3 is 68.8 Å². The maximum absolute atomic E-state index is 14.6. The van der Waals surface area contributed by atoms with Gasteiger partial charge in [0.2, 0.25) is 41.4 Å². The number of phenolic OH excluding ortho intramolecular Hbond substituents is 1. The highest BCUT2D eigenvalue weighted by molar-refractivity contribution is 5.98. The monoisotopic (exact) mass is 1030 g/mol. The summed E-state index contributed by atoms with van der Waals surface area (Å²) >= 11 is 0. The lowest BCUT2D eigenvalue weighted by atomic mass is 9.96. The molecule has 402 valence electrons. The normalized spacial score (nSPS) is 18.1. The molecule has 2 saturated heterocycles.